The van der Waals surface area contributed by atoms with Crippen LogP contribution in [0.5, 0.6) is 0 Å². The third-order valence-corrected chi connectivity index (χ3v) is 3.97. The summed E-state index contributed by atoms with van der Waals surface area (Å²) in [4.78, 5) is 0. The van der Waals surface area contributed by atoms with E-state index in [1.165, 1.54) is 0 Å². The minimum Gasteiger partial charge on any atom is -0.460 e. The molecule has 3 N–H and O–H groups in total. The van der Waals surface area contributed by atoms with Crippen LogP contribution >= 0.6 is 0 Å². The third-order valence-electron chi connectivity index (χ3n) is 3.97. The first-order chi connectivity index (χ1) is 8.16. The number of aryl methyl sites for hydroxylation is 1. The number of furan rings is 1. The summed E-state index contributed by atoms with van der Waals surface area (Å²) < 4.78 is 5.95. The zero-order valence-electron chi connectivity index (χ0n) is 9.94. The van der Waals surface area contributed by atoms with Crippen molar-refractivity contribution in [3.63, 3.8) is 0 Å². The molecule has 0 unspecified atom stereocenters. The van der Waals surface area contributed by atoms with E-state index in [4.69, 9.17) is 10.2 Å². The lowest BCUT2D eigenvalue weighted by Gasteiger charge is -2.43. The Labute approximate surface area is 100 Å². The number of nitrogens with two attached hydrogens (primary N) is 1. The molecule has 1 aromatic heterocycles. The van der Waals surface area contributed by atoms with Crippen LogP contribution in [0.4, 0.5) is 0 Å². The molecule has 0 saturated heterocycles. The molecule has 0 spiro atoms. The van der Waals surface area contributed by atoms with Crippen molar-refractivity contribution in [2.75, 3.05) is 6.54 Å². The van der Waals surface area contributed by atoms with Gasteiger partial charge in [-0.05, 0) is 31.4 Å². The van der Waals surface area contributed by atoms with Gasteiger partial charge in [0.1, 0.15) is 11.3 Å². The molecule has 1 fully saturated rings. The van der Waals surface area contributed by atoms with Crippen molar-refractivity contribution in [1.29, 1.82) is 0 Å². The first-order valence-electron chi connectivity index (χ1n) is 6.03. The van der Waals surface area contributed by atoms with Gasteiger partial charge in [-0.1, -0.05) is 18.2 Å². The molecule has 0 radical (unpaired) electrons. The first kappa shape index (κ1) is 10.8. The summed E-state index contributed by atoms with van der Waals surface area (Å²) >= 11 is 0. The second-order valence-corrected chi connectivity index (χ2v) is 5.10. The van der Waals surface area contributed by atoms with Crippen molar-refractivity contribution < 1.29 is 9.52 Å². The Hall–Kier alpha value is -1.32. The van der Waals surface area contributed by atoms with Crippen molar-refractivity contribution >= 4 is 11.0 Å². The van der Waals surface area contributed by atoms with Gasteiger partial charge in [0.25, 0.3) is 0 Å². The summed E-state index contributed by atoms with van der Waals surface area (Å²) in [6.45, 7) is 2.61. The highest BCUT2D eigenvalue weighted by Gasteiger charge is 2.47. The zero-order valence-corrected chi connectivity index (χ0v) is 9.94. The van der Waals surface area contributed by atoms with E-state index in [0.29, 0.717) is 19.4 Å². The average Bonchev–Trinajstić information content (AvgIpc) is 2.64. The summed E-state index contributed by atoms with van der Waals surface area (Å²) in [6.07, 6.45) is 1.19. The van der Waals surface area contributed by atoms with Gasteiger partial charge in [0, 0.05) is 17.3 Å². The Morgan fingerprint density at radius 3 is 2.71 bits per heavy atom. The van der Waals surface area contributed by atoms with Gasteiger partial charge in [-0.25, -0.2) is 0 Å². The number of hydrogen-bond donors (Lipinski definition) is 2. The Kier molecular flexibility index (Phi) is 2.28. The molecular formula is C14H17NO2. The normalized spacial score (nSPS) is 28.3. The van der Waals surface area contributed by atoms with Gasteiger partial charge in [-0.2, -0.15) is 0 Å². The van der Waals surface area contributed by atoms with E-state index in [1.807, 2.05) is 18.2 Å². The predicted octanol–water partition coefficient (Wildman–Crippen LogP) is 2.09. The van der Waals surface area contributed by atoms with E-state index in [9.17, 15) is 5.11 Å². The summed E-state index contributed by atoms with van der Waals surface area (Å²) in [7, 11) is 0. The van der Waals surface area contributed by atoms with Crippen LogP contribution in [0.25, 0.3) is 11.0 Å². The SMILES string of the molecule is Cc1c(C2(CN)CC(O)C2)oc2ccccc12. The second kappa shape index (κ2) is 3.59. The molecule has 1 aliphatic carbocycles. The lowest BCUT2D eigenvalue weighted by molar-refractivity contribution is 0.0118. The molecular weight excluding hydrogens is 214 g/mol. The summed E-state index contributed by atoms with van der Waals surface area (Å²) in [6, 6.07) is 8.03. The van der Waals surface area contributed by atoms with Crippen molar-refractivity contribution in [1.82, 2.24) is 0 Å². The number of aliphatic hydroxyl groups is 1. The van der Waals surface area contributed by atoms with E-state index >= 15 is 0 Å². The number of rotatable bonds is 2. The molecule has 0 bridgehead atoms. The number of hydrogen-bond acceptors (Lipinski definition) is 3. The Bertz CT molecular complexity index is 552. The average molecular weight is 231 g/mol. The molecule has 0 atom stereocenters. The highest BCUT2D eigenvalue weighted by atomic mass is 16.3. The topological polar surface area (TPSA) is 59.4 Å². The van der Waals surface area contributed by atoms with E-state index in [1.54, 1.807) is 0 Å². The molecule has 1 aromatic carbocycles. The van der Waals surface area contributed by atoms with Gasteiger partial charge in [0.15, 0.2) is 0 Å². The van der Waals surface area contributed by atoms with Gasteiger partial charge >= 0.3 is 0 Å². The number of fused-ring (bicyclic) bond motifs is 1. The van der Waals surface area contributed by atoms with Gasteiger partial charge in [-0.3, -0.25) is 0 Å². The number of benzene rings is 1. The smallest absolute Gasteiger partial charge is 0.134 e. The Balaban J connectivity index is 2.14. The van der Waals surface area contributed by atoms with Gasteiger partial charge < -0.3 is 15.3 Å². The summed E-state index contributed by atoms with van der Waals surface area (Å²) in [5, 5.41) is 10.7. The van der Waals surface area contributed by atoms with Crippen LogP contribution in [0.15, 0.2) is 28.7 Å². The van der Waals surface area contributed by atoms with Crippen LogP contribution in [-0.4, -0.2) is 17.8 Å². The third kappa shape index (κ3) is 1.43. The second-order valence-electron chi connectivity index (χ2n) is 5.10. The monoisotopic (exact) mass is 231 g/mol. The summed E-state index contributed by atoms with van der Waals surface area (Å²) in [5.74, 6) is 0.964. The zero-order chi connectivity index (χ0) is 12.0. The molecule has 1 heterocycles. The number of aliphatic hydroxyl groups excluding tert-OH is 1. The fraction of sp³-hybridized carbons (Fsp3) is 0.429. The fourth-order valence-electron chi connectivity index (χ4n) is 2.97. The van der Waals surface area contributed by atoms with Crippen molar-refractivity contribution in [2.24, 2.45) is 5.73 Å². The maximum absolute atomic E-state index is 9.54. The fourth-order valence-corrected chi connectivity index (χ4v) is 2.97. The van der Waals surface area contributed by atoms with E-state index in [-0.39, 0.29) is 11.5 Å². The van der Waals surface area contributed by atoms with E-state index in [2.05, 4.69) is 13.0 Å². The van der Waals surface area contributed by atoms with E-state index in [0.717, 1.165) is 22.3 Å². The quantitative estimate of drug-likeness (QED) is 0.832. The molecule has 3 heteroatoms. The van der Waals surface area contributed by atoms with Crippen LogP contribution in [-0.2, 0) is 5.41 Å². The maximum Gasteiger partial charge on any atom is 0.134 e. The number of para-hydroxylation sites is 1. The molecule has 0 aliphatic heterocycles. The largest absolute Gasteiger partial charge is 0.460 e. The van der Waals surface area contributed by atoms with Crippen LogP contribution in [0.2, 0.25) is 0 Å². The van der Waals surface area contributed by atoms with Crippen molar-refractivity contribution in [2.45, 2.75) is 31.3 Å². The molecule has 90 valence electrons. The molecule has 3 nitrogen and oxygen atoms in total. The van der Waals surface area contributed by atoms with Crippen molar-refractivity contribution in [3.05, 3.63) is 35.6 Å². The highest BCUT2D eigenvalue weighted by Crippen LogP contribution is 2.46. The van der Waals surface area contributed by atoms with Crippen LogP contribution < -0.4 is 5.73 Å². The van der Waals surface area contributed by atoms with Crippen molar-refractivity contribution in [3.8, 4) is 0 Å². The molecule has 0 amide bonds. The lowest BCUT2D eigenvalue weighted by Crippen LogP contribution is -2.49. The van der Waals surface area contributed by atoms with Crippen LogP contribution in [0.1, 0.15) is 24.2 Å². The lowest BCUT2D eigenvalue weighted by atomic mass is 9.64. The van der Waals surface area contributed by atoms with Crippen LogP contribution in [0, 0.1) is 6.92 Å². The minimum absolute atomic E-state index is 0.150. The summed E-state index contributed by atoms with van der Waals surface area (Å²) in [5.41, 5.74) is 7.81. The molecule has 1 aliphatic rings. The van der Waals surface area contributed by atoms with Gasteiger partial charge in [-0.15, -0.1) is 0 Å². The van der Waals surface area contributed by atoms with E-state index < -0.39 is 0 Å². The standard InChI is InChI=1S/C14H17NO2/c1-9-11-4-2-3-5-12(11)17-13(9)14(8-15)6-10(16)7-14/h2-5,10,16H,6-8,15H2,1H3. The molecule has 2 aromatic rings. The predicted molar refractivity (Wildman–Crippen MR) is 66.9 cm³/mol. The minimum atomic E-state index is -0.230. The van der Waals surface area contributed by atoms with Crippen LogP contribution in [0.3, 0.4) is 0 Å². The molecule has 3 rings (SSSR count). The molecule has 17 heavy (non-hydrogen) atoms. The first-order valence-corrected chi connectivity index (χ1v) is 6.03. The van der Waals surface area contributed by atoms with Gasteiger partial charge in [0.05, 0.1) is 6.10 Å². The Morgan fingerprint density at radius 2 is 2.12 bits per heavy atom. The van der Waals surface area contributed by atoms with Gasteiger partial charge in [0.2, 0.25) is 0 Å². The highest BCUT2D eigenvalue weighted by molar-refractivity contribution is 5.82. The maximum atomic E-state index is 9.54. The molecule has 1 saturated carbocycles. The Morgan fingerprint density at radius 1 is 1.41 bits per heavy atom.